The first-order valence-corrected chi connectivity index (χ1v) is 7.49. The standard InChI is InChI=1S/C16H24N2O3/c1-20-14-6-8-15(9-7-14)21-11-10-16(19)18-13-4-2-12(17)3-5-13/h6-9,12-13H,2-5,10-11,17H2,1H3,(H,18,19). The summed E-state index contributed by atoms with van der Waals surface area (Å²) in [7, 11) is 1.62. The first-order valence-electron chi connectivity index (χ1n) is 7.49. The van der Waals surface area contributed by atoms with Crippen molar-refractivity contribution in [3.05, 3.63) is 24.3 Å². The van der Waals surface area contributed by atoms with Crippen molar-refractivity contribution in [2.75, 3.05) is 13.7 Å². The Kier molecular flexibility index (Phi) is 5.87. The van der Waals surface area contributed by atoms with E-state index in [1.54, 1.807) is 7.11 Å². The average molecular weight is 292 g/mol. The van der Waals surface area contributed by atoms with Gasteiger partial charge in [0.2, 0.25) is 5.91 Å². The third-order valence-electron chi connectivity index (χ3n) is 3.79. The third kappa shape index (κ3) is 5.27. The molecule has 0 bridgehead atoms. The molecule has 0 radical (unpaired) electrons. The van der Waals surface area contributed by atoms with Crippen LogP contribution in [-0.2, 0) is 4.79 Å². The Bertz CT molecular complexity index is 439. The third-order valence-corrected chi connectivity index (χ3v) is 3.79. The Labute approximate surface area is 125 Å². The van der Waals surface area contributed by atoms with Crippen LogP contribution in [0.2, 0.25) is 0 Å². The normalized spacial score (nSPS) is 21.6. The van der Waals surface area contributed by atoms with Crippen LogP contribution < -0.4 is 20.5 Å². The molecule has 1 aliphatic carbocycles. The molecule has 116 valence electrons. The Hall–Kier alpha value is -1.75. The number of benzene rings is 1. The van der Waals surface area contributed by atoms with Crippen molar-refractivity contribution in [1.82, 2.24) is 5.32 Å². The molecule has 21 heavy (non-hydrogen) atoms. The van der Waals surface area contributed by atoms with Crippen LogP contribution in [0, 0.1) is 0 Å². The van der Waals surface area contributed by atoms with Gasteiger partial charge < -0.3 is 20.5 Å². The van der Waals surface area contributed by atoms with Crippen molar-refractivity contribution in [2.45, 2.75) is 44.2 Å². The zero-order valence-corrected chi connectivity index (χ0v) is 12.5. The van der Waals surface area contributed by atoms with E-state index in [-0.39, 0.29) is 11.9 Å². The number of carbonyl (C=O) groups excluding carboxylic acids is 1. The highest BCUT2D eigenvalue weighted by atomic mass is 16.5. The molecule has 0 unspecified atom stereocenters. The molecular weight excluding hydrogens is 268 g/mol. The van der Waals surface area contributed by atoms with E-state index >= 15 is 0 Å². The van der Waals surface area contributed by atoms with E-state index < -0.39 is 0 Å². The Balaban J connectivity index is 1.64. The fourth-order valence-corrected chi connectivity index (χ4v) is 2.50. The number of hydrogen-bond donors (Lipinski definition) is 2. The maximum atomic E-state index is 11.8. The molecule has 2 rings (SSSR count). The highest BCUT2D eigenvalue weighted by Gasteiger charge is 2.19. The second-order valence-corrected chi connectivity index (χ2v) is 5.45. The van der Waals surface area contributed by atoms with Gasteiger partial charge >= 0.3 is 0 Å². The van der Waals surface area contributed by atoms with Crippen LogP contribution in [0.15, 0.2) is 24.3 Å². The summed E-state index contributed by atoms with van der Waals surface area (Å²) >= 11 is 0. The highest BCUT2D eigenvalue weighted by molar-refractivity contribution is 5.76. The van der Waals surface area contributed by atoms with Crippen molar-refractivity contribution in [1.29, 1.82) is 0 Å². The van der Waals surface area contributed by atoms with Gasteiger partial charge in [0.25, 0.3) is 0 Å². The maximum absolute atomic E-state index is 11.8. The quantitative estimate of drug-likeness (QED) is 0.839. The minimum atomic E-state index is 0.0454. The van der Waals surface area contributed by atoms with Gasteiger partial charge in [-0.15, -0.1) is 0 Å². The molecule has 5 heteroatoms. The van der Waals surface area contributed by atoms with Gasteiger partial charge in [-0.3, -0.25) is 4.79 Å². The lowest BCUT2D eigenvalue weighted by Crippen LogP contribution is -2.40. The topological polar surface area (TPSA) is 73.6 Å². The molecule has 0 heterocycles. The number of rotatable bonds is 6. The summed E-state index contributed by atoms with van der Waals surface area (Å²) in [6.45, 7) is 0.379. The predicted molar refractivity (Wildman–Crippen MR) is 81.5 cm³/mol. The molecule has 0 aliphatic heterocycles. The minimum Gasteiger partial charge on any atom is -0.497 e. The fourth-order valence-electron chi connectivity index (χ4n) is 2.50. The van der Waals surface area contributed by atoms with E-state index in [4.69, 9.17) is 15.2 Å². The van der Waals surface area contributed by atoms with Crippen LogP contribution in [0.1, 0.15) is 32.1 Å². The highest BCUT2D eigenvalue weighted by Crippen LogP contribution is 2.18. The van der Waals surface area contributed by atoms with Crippen LogP contribution in [0.3, 0.4) is 0 Å². The zero-order valence-electron chi connectivity index (χ0n) is 12.5. The number of carbonyl (C=O) groups is 1. The zero-order chi connectivity index (χ0) is 15.1. The molecule has 0 saturated heterocycles. The summed E-state index contributed by atoms with van der Waals surface area (Å²) in [6.07, 6.45) is 4.31. The van der Waals surface area contributed by atoms with Gasteiger partial charge in [0.15, 0.2) is 0 Å². The van der Waals surface area contributed by atoms with Crippen LogP contribution in [0.5, 0.6) is 11.5 Å². The molecule has 0 atom stereocenters. The van der Waals surface area contributed by atoms with Crippen molar-refractivity contribution >= 4 is 5.91 Å². The van der Waals surface area contributed by atoms with Gasteiger partial charge in [0, 0.05) is 12.1 Å². The molecule has 1 aromatic rings. The number of ether oxygens (including phenoxy) is 2. The maximum Gasteiger partial charge on any atom is 0.223 e. The Morgan fingerprint density at radius 3 is 2.43 bits per heavy atom. The first kappa shape index (κ1) is 15.6. The molecule has 1 amide bonds. The van der Waals surface area contributed by atoms with Gasteiger partial charge in [-0.1, -0.05) is 0 Å². The summed E-state index contributed by atoms with van der Waals surface area (Å²) in [5, 5.41) is 3.05. The molecule has 1 fully saturated rings. The lowest BCUT2D eigenvalue weighted by molar-refractivity contribution is -0.122. The summed E-state index contributed by atoms with van der Waals surface area (Å²) in [4.78, 5) is 11.8. The Morgan fingerprint density at radius 1 is 1.19 bits per heavy atom. The lowest BCUT2D eigenvalue weighted by atomic mass is 9.92. The van der Waals surface area contributed by atoms with Gasteiger partial charge in [0.05, 0.1) is 20.1 Å². The number of nitrogens with one attached hydrogen (secondary N) is 1. The van der Waals surface area contributed by atoms with Gasteiger partial charge in [-0.05, 0) is 49.9 Å². The van der Waals surface area contributed by atoms with Crippen LogP contribution in [0.4, 0.5) is 0 Å². The number of methoxy groups -OCH3 is 1. The second-order valence-electron chi connectivity index (χ2n) is 5.45. The van der Waals surface area contributed by atoms with Gasteiger partial charge in [0.1, 0.15) is 11.5 Å². The molecule has 0 aromatic heterocycles. The van der Waals surface area contributed by atoms with Crippen LogP contribution >= 0.6 is 0 Å². The summed E-state index contributed by atoms with van der Waals surface area (Å²) in [5.41, 5.74) is 5.85. The molecular formula is C16H24N2O3. The van der Waals surface area contributed by atoms with Crippen molar-refractivity contribution in [3.8, 4) is 11.5 Å². The van der Waals surface area contributed by atoms with E-state index in [1.807, 2.05) is 24.3 Å². The summed E-state index contributed by atoms with van der Waals surface area (Å²) < 4.78 is 10.6. The summed E-state index contributed by atoms with van der Waals surface area (Å²) in [5.74, 6) is 1.58. The molecule has 5 nitrogen and oxygen atoms in total. The molecule has 1 aliphatic rings. The predicted octanol–water partition coefficient (Wildman–Crippen LogP) is 1.85. The monoisotopic (exact) mass is 292 g/mol. The number of amides is 1. The van der Waals surface area contributed by atoms with Crippen LogP contribution in [-0.4, -0.2) is 31.7 Å². The fraction of sp³-hybridized carbons (Fsp3) is 0.562. The van der Waals surface area contributed by atoms with Crippen molar-refractivity contribution in [3.63, 3.8) is 0 Å². The van der Waals surface area contributed by atoms with E-state index in [1.165, 1.54) is 0 Å². The van der Waals surface area contributed by atoms with E-state index in [0.717, 1.165) is 37.2 Å². The van der Waals surface area contributed by atoms with Crippen LogP contribution in [0.25, 0.3) is 0 Å². The minimum absolute atomic E-state index is 0.0454. The molecule has 1 aromatic carbocycles. The lowest BCUT2D eigenvalue weighted by Gasteiger charge is -2.26. The molecule has 3 N–H and O–H groups in total. The smallest absolute Gasteiger partial charge is 0.223 e. The van der Waals surface area contributed by atoms with Gasteiger partial charge in [-0.2, -0.15) is 0 Å². The van der Waals surface area contributed by atoms with E-state index in [0.29, 0.717) is 19.1 Å². The largest absolute Gasteiger partial charge is 0.497 e. The molecule has 1 saturated carbocycles. The molecule has 0 spiro atoms. The average Bonchev–Trinajstić information content (AvgIpc) is 2.50. The second kappa shape index (κ2) is 7.88. The number of hydrogen-bond acceptors (Lipinski definition) is 4. The first-order chi connectivity index (χ1) is 10.2. The van der Waals surface area contributed by atoms with Crippen molar-refractivity contribution in [2.24, 2.45) is 5.73 Å². The van der Waals surface area contributed by atoms with E-state index in [9.17, 15) is 4.79 Å². The Morgan fingerprint density at radius 2 is 1.81 bits per heavy atom. The van der Waals surface area contributed by atoms with Gasteiger partial charge in [-0.25, -0.2) is 0 Å². The number of nitrogens with two attached hydrogens (primary N) is 1. The van der Waals surface area contributed by atoms with E-state index in [2.05, 4.69) is 5.32 Å². The SMILES string of the molecule is COc1ccc(OCCC(=O)NC2CCC(N)CC2)cc1. The summed E-state index contributed by atoms with van der Waals surface area (Å²) in [6, 6.07) is 7.91. The van der Waals surface area contributed by atoms with Crippen molar-refractivity contribution < 1.29 is 14.3 Å².